The average molecular weight is 353 g/mol. The fourth-order valence-electron chi connectivity index (χ4n) is 2.37. The maximum atomic E-state index is 13.3. The van der Waals surface area contributed by atoms with Gasteiger partial charge in [0, 0.05) is 18.9 Å². The smallest absolute Gasteiger partial charge is 0.421 e. The maximum Gasteiger partial charge on any atom is 0.421 e. The summed E-state index contributed by atoms with van der Waals surface area (Å²) >= 11 is 0. The molecule has 0 unspecified atom stereocenters. The van der Waals surface area contributed by atoms with E-state index < -0.39 is 11.7 Å². The van der Waals surface area contributed by atoms with Crippen molar-refractivity contribution in [3.8, 4) is 6.01 Å². The van der Waals surface area contributed by atoms with Crippen molar-refractivity contribution in [2.75, 3.05) is 18.6 Å². The largest absolute Gasteiger partial charge is 0.463 e. The normalized spacial score (nSPS) is 11.4. The summed E-state index contributed by atoms with van der Waals surface area (Å²) in [6, 6.07) is 7.36. The highest BCUT2D eigenvalue weighted by atomic mass is 19.4. The van der Waals surface area contributed by atoms with Gasteiger partial charge < -0.3 is 9.64 Å². The van der Waals surface area contributed by atoms with Gasteiger partial charge in [-0.25, -0.2) is 4.98 Å². The predicted octanol–water partition coefficient (Wildman–Crippen LogP) is 5.00. The van der Waals surface area contributed by atoms with Gasteiger partial charge in [-0.1, -0.05) is 32.4 Å². The van der Waals surface area contributed by atoms with Crippen molar-refractivity contribution in [3.63, 3.8) is 0 Å². The summed E-state index contributed by atoms with van der Waals surface area (Å²) in [4.78, 5) is 9.06. The molecule has 0 N–H and O–H groups in total. The van der Waals surface area contributed by atoms with Crippen molar-refractivity contribution in [2.24, 2.45) is 0 Å². The van der Waals surface area contributed by atoms with Gasteiger partial charge >= 0.3 is 12.2 Å². The second-order valence-electron chi connectivity index (χ2n) is 5.71. The van der Waals surface area contributed by atoms with Gasteiger partial charge in [0.2, 0.25) is 0 Å². The lowest BCUT2D eigenvalue weighted by Crippen LogP contribution is -2.19. The zero-order valence-corrected chi connectivity index (χ0v) is 14.6. The van der Waals surface area contributed by atoms with Crippen LogP contribution >= 0.6 is 0 Å². The first kappa shape index (κ1) is 19.0. The van der Waals surface area contributed by atoms with Crippen LogP contribution in [0.4, 0.5) is 24.7 Å². The first-order chi connectivity index (χ1) is 11.9. The summed E-state index contributed by atoms with van der Waals surface area (Å²) in [6.45, 7) is 4.32. The van der Waals surface area contributed by atoms with E-state index in [-0.39, 0.29) is 11.8 Å². The van der Waals surface area contributed by atoms with E-state index in [2.05, 4.69) is 16.9 Å². The van der Waals surface area contributed by atoms with Gasteiger partial charge in [-0.3, -0.25) is 0 Å². The summed E-state index contributed by atoms with van der Waals surface area (Å²) in [5, 5.41) is 0. The fourth-order valence-corrected chi connectivity index (χ4v) is 2.37. The van der Waals surface area contributed by atoms with Crippen molar-refractivity contribution >= 4 is 11.5 Å². The molecular weight excluding hydrogens is 331 g/mol. The number of rotatable bonds is 7. The Morgan fingerprint density at radius 3 is 2.32 bits per heavy atom. The number of anilines is 2. The molecular formula is C18H22F3N3O. The molecule has 0 saturated carbocycles. The molecule has 2 rings (SSSR count). The summed E-state index contributed by atoms with van der Waals surface area (Å²) < 4.78 is 45.3. The van der Waals surface area contributed by atoms with E-state index in [9.17, 15) is 13.2 Å². The van der Waals surface area contributed by atoms with Gasteiger partial charge in [0.15, 0.2) is 5.82 Å². The standard InChI is InChI=1S/C18H22F3N3O/c1-4-6-13-7-9-14(10-8-13)24(3)16-15(18(19,20)21)12-22-17(23-16)25-11-5-2/h7-10,12H,4-6,11H2,1-3H3. The minimum atomic E-state index is -4.55. The number of hydrogen-bond donors (Lipinski definition) is 0. The summed E-state index contributed by atoms with van der Waals surface area (Å²) in [5.74, 6) is -0.225. The quantitative estimate of drug-likeness (QED) is 0.702. The third kappa shape index (κ3) is 4.84. The lowest BCUT2D eigenvalue weighted by atomic mass is 10.1. The van der Waals surface area contributed by atoms with Crippen LogP contribution in [-0.2, 0) is 12.6 Å². The molecule has 2 aromatic rings. The van der Waals surface area contributed by atoms with Gasteiger partial charge in [0.25, 0.3) is 0 Å². The molecule has 0 atom stereocenters. The monoisotopic (exact) mass is 353 g/mol. The average Bonchev–Trinajstić information content (AvgIpc) is 2.59. The van der Waals surface area contributed by atoms with E-state index in [1.54, 1.807) is 19.2 Å². The maximum absolute atomic E-state index is 13.3. The molecule has 0 bridgehead atoms. The van der Waals surface area contributed by atoms with Crippen LogP contribution in [0.1, 0.15) is 37.8 Å². The molecule has 7 heteroatoms. The molecule has 0 amide bonds. The van der Waals surface area contributed by atoms with Gasteiger partial charge in [-0.2, -0.15) is 18.2 Å². The van der Waals surface area contributed by atoms with Crippen LogP contribution in [0.2, 0.25) is 0 Å². The molecule has 1 aromatic carbocycles. The zero-order valence-electron chi connectivity index (χ0n) is 14.6. The second-order valence-corrected chi connectivity index (χ2v) is 5.71. The van der Waals surface area contributed by atoms with E-state index in [1.807, 2.05) is 19.1 Å². The Balaban J connectivity index is 2.39. The number of halogens is 3. The Bertz CT molecular complexity index is 687. The first-order valence-corrected chi connectivity index (χ1v) is 8.26. The van der Waals surface area contributed by atoms with Crippen LogP contribution in [0.15, 0.2) is 30.5 Å². The van der Waals surface area contributed by atoms with Crippen molar-refractivity contribution < 1.29 is 17.9 Å². The number of nitrogens with zero attached hydrogens (tertiary/aromatic N) is 3. The van der Waals surface area contributed by atoms with E-state index >= 15 is 0 Å². The molecule has 4 nitrogen and oxygen atoms in total. The van der Waals surface area contributed by atoms with Crippen molar-refractivity contribution in [2.45, 2.75) is 39.3 Å². The summed E-state index contributed by atoms with van der Waals surface area (Å²) in [5.41, 5.74) is 0.868. The van der Waals surface area contributed by atoms with E-state index in [1.165, 1.54) is 4.90 Å². The van der Waals surface area contributed by atoms with Crippen LogP contribution in [0.25, 0.3) is 0 Å². The van der Waals surface area contributed by atoms with Gasteiger partial charge in [0.05, 0.1) is 6.61 Å². The topological polar surface area (TPSA) is 38.2 Å². The van der Waals surface area contributed by atoms with Crippen LogP contribution in [-0.4, -0.2) is 23.6 Å². The summed E-state index contributed by atoms with van der Waals surface area (Å²) in [7, 11) is 1.55. The van der Waals surface area contributed by atoms with E-state index in [0.717, 1.165) is 24.6 Å². The SMILES string of the molecule is CCCOc1ncc(C(F)(F)F)c(N(C)c2ccc(CCC)cc2)n1. The molecule has 0 aliphatic carbocycles. The van der Waals surface area contributed by atoms with Gasteiger partial charge in [-0.05, 0) is 30.5 Å². The zero-order chi connectivity index (χ0) is 18.4. The minimum absolute atomic E-state index is 0.0562. The fraction of sp³-hybridized carbons (Fsp3) is 0.444. The Hall–Kier alpha value is -2.31. The second kappa shape index (κ2) is 8.18. The highest BCUT2D eigenvalue weighted by Crippen LogP contribution is 2.37. The number of aryl methyl sites for hydroxylation is 1. The molecule has 0 spiro atoms. The van der Waals surface area contributed by atoms with E-state index in [4.69, 9.17) is 4.74 Å². The third-order valence-electron chi connectivity index (χ3n) is 3.67. The molecule has 136 valence electrons. The molecule has 0 fully saturated rings. The Morgan fingerprint density at radius 2 is 1.76 bits per heavy atom. The molecule has 0 saturated heterocycles. The molecule has 25 heavy (non-hydrogen) atoms. The lowest BCUT2D eigenvalue weighted by molar-refractivity contribution is -0.137. The highest BCUT2D eigenvalue weighted by Gasteiger charge is 2.36. The Kier molecular flexibility index (Phi) is 6.22. The van der Waals surface area contributed by atoms with E-state index in [0.29, 0.717) is 18.7 Å². The van der Waals surface area contributed by atoms with Crippen molar-refractivity contribution in [3.05, 3.63) is 41.6 Å². The predicted molar refractivity (Wildman–Crippen MR) is 91.3 cm³/mol. The van der Waals surface area contributed by atoms with Gasteiger partial charge in [0.1, 0.15) is 5.56 Å². The highest BCUT2D eigenvalue weighted by molar-refractivity contribution is 5.63. The van der Waals surface area contributed by atoms with Crippen LogP contribution < -0.4 is 9.64 Å². The first-order valence-electron chi connectivity index (χ1n) is 8.26. The molecule has 0 aliphatic rings. The number of alkyl halides is 3. The number of hydrogen-bond acceptors (Lipinski definition) is 4. The Morgan fingerprint density at radius 1 is 1.08 bits per heavy atom. The Labute approximate surface area is 145 Å². The van der Waals surface area contributed by atoms with Crippen molar-refractivity contribution in [1.82, 2.24) is 9.97 Å². The number of aromatic nitrogens is 2. The van der Waals surface area contributed by atoms with Crippen LogP contribution in [0.3, 0.4) is 0 Å². The molecule has 1 aromatic heterocycles. The third-order valence-corrected chi connectivity index (χ3v) is 3.67. The van der Waals surface area contributed by atoms with Crippen LogP contribution in [0.5, 0.6) is 6.01 Å². The molecule has 0 radical (unpaired) electrons. The number of ether oxygens (including phenoxy) is 1. The van der Waals surface area contributed by atoms with Crippen LogP contribution in [0, 0.1) is 0 Å². The van der Waals surface area contributed by atoms with Gasteiger partial charge in [-0.15, -0.1) is 0 Å². The minimum Gasteiger partial charge on any atom is -0.463 e. The van der Waals surface area contributed by atoms with Crippen molar-refractivity contribution in [1.29, 1.82) is 0 Å². The lowest BCUT2D eigenvalue weighted by Gasteiger charge is -2.22. The number of benzene rings is 1. The molecule has 0 aliphatic heterocycles. The summed E-state index contributed by atoms with van der Waals surface area (Å²) in [6.07, 6.45) is -1.11. The molecule has 1 heterocycles.